The number of thiophene rings is 1. The number of aromatic amines is 1. The zero-order chi connectivity index (χ0) is 19.4. The van der Waals surface area contributed by atoms with Gasteiger partial charge in [0.05, 0.1) is 4.88 Å². The fourth-order valence-corrected chi connectivity index (χ4v) is 3.71. The van der Waals surface area contributed by atoms with Gasteiger partial charge >= 0.3 is 5.69 Å². The molecule has 0 aliphatic rings. The average Bonchev–Trinajstić information content (AvgIpc) is 2.93. The van der Waals surface area contributed by atoms with E-state index in [1.807, 2.05) is 33.8 Å². The summed E-state index contributed by atoms with van der Waals surface area (Å²) >= 11 is 1.40. The van der Waals surface area contributed by atoms with E-state index in [1.165, 1.54) is 20.8 Å². The van der Waals surface area contributed by atoms with Crippen LogP contribution in [0.3, 0.4) is 0 Å². The number of unbranched alkanes of at least 4 members (excludes halogenated alkanes) is 1. The van der Waals surface area contributed by atoms with Gasteiger partial charge in [0.15, 0.2) is 5.69 Å². The zero-order valence-corrected chi connectivity index (χ0v) is 16.5. The summed E-state index contributed by atoms with van der Waals surface area (Å²) in [4.78, 5) is 43.0. The molecule has 0 atom stereocenters. The monoisotopic (exact) mass is 378 g/mol. The molecule has 1 amide bonds. The van der Waals surface area contributed by atoms with Crippen LogP contribution in [0.2, 0.25) is 0 Å². The van der Waals surface area contributed by atoms with Gasteiger partial charge in [0.2, 0.25) is 0 Å². The lowest BCUT2D eigenvalue weighted by Crippen LogP contribution is -2.41. The Hall–Kier alpha value is -2.35. The average molecular weight is 378 g/mol. The largest absolute Gasteiger partial charge is 0.383 e. The molecule has 0 saturated heterocycles. The van der Waals surface area contributed by atoms with Gasteiger partial charge in [-0.25, -0.2) is 4.79 Å². The van der Waals surface area contributed by atoms with Crippen molar-refractivity contribution in [2.45, 2.75) is 53.5 Å². The van der Waals surface area contributed by atoms with Gasteiger partial charge in [-0.05, 0) is 38.3 Å². The predicted octanol–water partition coefficient (Wildman–Crippen LogP) is 2.65. The first kappa shape index (κ1) is 20.0. The van der Waals surface area contributed by atoms with E-state index in [9.17, 15) is 14.4 Å². The van der Waals surface area contributed by atoms with Crippen molar-refractivity contribution in [1.82, 2.24) is 9.55 Å². The van der Waals surface area contributed by atoms with Crippen LogP contribution in [-0.4, -0.2) is 22.0 Å². The smallest absolute Gasteiger partial charge is 0.330 e. The highest BCUT2D eigenvalue weighted by atomic mass is 32.1. The van der Waals surface area contributed by atoms with E-state index in [2.05, 4.69) is 4.98 Å². The van der Waals surface area contributed by atoms with Crippen LogP contribution in [-0.2, 0) is 6.54 Å². The third-order valence-electron chi connectivity index (χ3n) is 4.29. The Morgan fingerprint density at radius 2 is 1.96 bits per heavy atom. The molecule has 26 heavy (non-hydrogen) atoms. The second-order valence-electron chi connectivity index (χ2n) is 6.30. The standard InChI is InChI=1S/C18H26N4O3S/c1-5-7-9-21(17(24)13-10-11(3)12(4)26-13)14-15(19)22(8-6-2)18(25)20-16(14)23/h10H,5-9,19H2,1-4H3,(H,20,23,25). The van der Waals surface area contributed by atoms with Crippen LogP contribution >= 0.6 is 11.3 Å². The lowest BCUT2D eigenvalue weighted by atomic mass is 10.2. The van der Waals surface area contributed by atoms with Crippen LogP contribution in [0.4, 0.5) is 11.5 Å². The van der Waals surface area contributed by atoms with Crippen LogP contribution in [0.1, 0.15) is 53.2 Å². The molecule has 2 aromatic rings. The number of aryl methyl sites for hydroxylation is 2. The quantitative estimate of drug-likeness (QED) is 0.773. The molecule has 2 heterocycles. The van der Waals surface area contributed by atoms with Gasteiger partial charge in [0.25, 0.3) is 11.5 Å². The van der Waals surface area contributed by atoms with Crippen molar-refractivity contribution in [1.29, 1.82) is 0 Å². The van der Waals surface area contributed by atoms with Gasteiger partial charge in [-0.1, -0.05) is 20.3 Å². The van der Waals surface area contributed by atoms with E-state index in [0.717, 1.165) is 23.3 Å². The van der Waals surface area contributed by atoms with Crippen LogP contribution in [0.15, 0.2) is 15.7 Å². The van der Waals surface area contributed by atoms with E-state index in [0.29, 0.717) is 24.4 Å². The number of aromatic nitrogens is 2. The molecule has 0 spiro atoms. The highest BCUT2D eigenvalue weighted by Gasteiger charge is 2.26. The van der Waals surface area contributed by atoms with E-state index >= 15 is 0 Å². The fraction of sp³-hybridized carbons (Fsp3) is 0.500. The molecule has 8 heteroatoms. The van der Waals surface area contributed by atoms with Gasteiger partial charge in [-0.3, -0.25) is 24.0 Å². The summed E-state index contributed by atoms with van der Waals surface area (Å²) in [5.74, 6) is -0.228. The van der Waals surface area contributed by atoms with E-state index in [1.54, 1.807) is 0 Å². The number of amides is 1. The Labute approximate surface area is 156 Å². The number of hydrogen-bond donors (Lipinski definition) is 2. The number of nitrogens with one attached hydrogen (secondary N) is 1. The molecule has 0 unspecified atom stereocenters. The number of nitrogen functional groups attached to an aromatic ring is 1. The summed E-state index contributed by atoms with van der Waals surface area (Å²) in [6, 6.07) is 1.83. The van der Waals surface area contributed by atoms with Crippen LogP contribution in [0.25, 0.3) is 0 Å². The van der Waals surface area contributed by atoms with Crippen molar-refractivity contribution >= 4 is 28.7 Å². The van der Waals surface area contributed by atoms with E-state index < -0.39 is 11.2 Å². The zero-order valence-electron chi connectivity index (χ0n) is 15.7. The molecule has 0 bridgehead atoms. The number of carbonyl (C=O) groups is 1. The molecule has 2 rings (SSSR count). The number of hydrogen-bond acceptors (Lipinski definition) is 5. The third-order valence-corrected chi connectivity index (χ3v) is 5.43. The number of nitrogens with zero attached hydrogens (tertiary/aromatic N) is 2. The number of H-pyrrole nitrogens is 1. The Morgan fingerprint density at radius 3 is 2.50 bits per heavy atom. The number of anilines is 2. The van der Waals surface area contributed by atoms with Crippen molar-refractivity contribution < 1.29 is 4.79 Å². The normalized spacial score (nSPS) is 10.9. The summed E-state index contributed by atoms with van der Waals surface area (Å²) in [7, 11) is 0. The minimum absolute atomic E-state index is 0.0371. The van der Waals surface area contributed by atoms with Crippen LogP contribution in [0.5, 0.6) is 0 Å². The molecule has 0 aromatic carbocycles. The van der Waals surface area contributed by atoms with Gasteiger partial charge in [0.1, 0.15) is 5.82 Å². The lowest BCUT2D eigenvalue weighted by Gasteiger charge is -2.24. The fourth-order valence-electron chi connectivity index (χ4n) is 2.73. The summed E-state index contributed by atoms with van der Waals surface area (Å²) in [5, 5.41) is 0. The number of nitrogens with two attached hydrogens (primary N) is 1. The molecular formula is C18H26N4O3S. The van der Waals surface area contributed by atoms with Crippen molar-refractivity contribution in [2.75, 3.05) is 17.2 Å². The maximum atomic E-state index is 13.1. The van der Waals surface area contributed by atoms with Gasteiger partial charge in [-0.15, -0.1) is 11.3 Å². The first-order valence-electron chi connectivity index (χ1n) is 8.83. The highest BCUT2D eigenvalue weighted by molar-refractivity contribution is 7.14. The van der Waals surface area contributed by atoms with Crippen molar-refractivity contribution in [3.05, 3.63) is 42.2 Å². The number of carbonyl (C=O) groups excluding carboxylic acids is 1. The van der Waals surface area contributed by atoms with Crippen molar-refractivity contribution in [2.24, 2.45) is 0 Å². The topological polar surface area (TPSA) is 101 Å². The molecule has 0 fully saturated rings. The maximum Gasteiger partial charge on any atom is 0.330 e. The Morgan fingerprint density at radius 1 is 1.27 bits per heavy atom. The second kappa shape index (κ2) is 8.35. The van der Waals surface area contributed by atoms with Crippen molar-refractivity contribution in [3.8, 4) is 0 Å². The molecule has 0 aliphatic heterocycles. The van der Waals surface area contributed by atoms with Crippen LogP contribution in [0, 0.1) is 13.8 Å². The molecular weight excluding hydrogens is 352 g/mol. The summed E-state index contributed by atoms with van der Waals surface area (Å²) in [6.45, 7) is 8.56. The summed E-state index contributed by atoms with van der Waals surface area (Å²) < 4.78 is 1.31. The SMILES string of the molecule is CCCCN(C(=O)c1cc(C)c(C)s1)c1c(N)n(CCC)c(=O)[nH]c1=O. The van der Waals surface area contributed by atoms with E-state index in [4.69, 9.17) is 5.73 Å². The minimum Gasteiger partial charge on any atom is -0.383 e. The molecule has 142 valence electrons. The van der Waals surface area contributed by atoms with E-state index in [-0.39, 0.29) is 17.4 Å². The van der Waals surface area contributed by atoms with Gasteiger partial charge in [-0.2, -0.15) is 0 Å². The van der Waals surface area contributed by atoms with Gasteiger partial charge < -0.3 is 5.73 Å². The third kappa shape index (κ3) is 3.90. The molecule has 0 radical (unpaired) electrons. The minimum atomic E-state index is -0.630. The molecule has 7 nitrogen and oxygen atoms in total. The second-order valence-corrected chi connectivity index (χ2v) is 7.56. The molecule has 0 saturated carbocycles. The predicted molar refractivity (Wildman–Crippen MR) is 106 cm³/mol. The number of rotatable bonds is 7. The van der Waals surface area contributed by atoms with Crippen molar-refractivity contribution in [3.63, 3.8) is 0 Å². The Balaban J connectivity index is 2.60. The lowest BCUT2D eigenvalue weighted by molar-refractivity contribution is 0.0990. The van der Waals surface area contributed by atoms with Gasteiger partial charge in [0, 0.05) is 18.0 Å². The summed E-state index contributed by atoms with van der Waals surface area (Å²) in [6.07, 6.45) is 2.27. The Bertz CT molecular complexity index is 891. The summed E-state index contributed by atoms with van der Waals surface area (Å²) in [5.41, 5.74) is 6.05. The Kier molecular flexibility index (Phi) is 6.42. The first-order chi connectivity index (χ1) is 12.3. The maximum absolute atomic E-state index is 13.1. The highest BCUT2D eigenvalue weighted by Crippen LogP contribution is 2.26. The van der Waals surface area contributed by atoms with Crippen LogP contribution < -0.4 is 21.9 Å². The molecule has 3 N–H and O–H groups in total. The molecule has 0 aliphatic carbocycles. The first-order valence-corrected chi connectivity index (χ1v) is 9.64. The molecule has 2 aromatic heterocycles.